The zero-order chi connectivity index (χ0) is 18.2. The summed E-state index contributed by atoms with van der Waals surface area (Å²) >= 11 is 1.41. The van der Waals surface area contributed by atoms with Crippen LogP contribution in [0.1, 0.15) is 17.3 Å². The van der Waals surface area contributed by atoms with E-state index in [2.05, 4.69) is 10.6 Å². The van der Waals surface area contributed by atoms with Crippen molar-refractivity contribution in [2.45, 2.75) is 22.0 Å². The summed E-state index contributed by atoms with van der Waals surface area (Å²) in [4.78, 5) is 24.4. The first kappa shape index (κ1) is 17.4. The van der Waals surface area contributed by atoms with Gasteiger partial charge in [-0.25, -0.2) is 0 Å². The van der Waals surface area contributed by atoms with Gasteiger partial charge in [0.05, 0.1) is 15.8 Å². The molecule has 130 valence electrons. The van der Waals surface area contributed by atoms with Crippen molar-refractivity contribution < 1.29 is 21.9 Å². The predicted octanol–water partition coefficient (Wildman–Crippen LogP) is 3.03. The molecule has 2 aromatic carbocycles. The molecular weight excluding hydrogens is 367 g/mol. The molecule has 0 unspecified atom stereocenters. The Bertz CT molecular complexity index is 959. The molecule has 2 aromatic rings. The van der Waals surface area contributed by atoms with E-state index in [1.165, 1.54) is 23.9 Å². The average molecular weight is 380 g/mol. The normalized spacial score (nSPS) is 16.7. The number of rotatable bonds is 3. The number of anilines is 2. The highest BCUT2D eigenvalue weighted by atomic mass is 32.3. The molecule has 0 aromatic heterocycles. The first-order chi connectivity index (χ1) is 11.7. The summed E-state index contributed by atoms with van der Waals surface area (Å²) in [6.45, 7) is 1.80. The van der Waals surface area contributed by atoms with Crippen LogP contribution in [0, 0.1) is 0 Å². The number of hydrogen-bond acceptors (Lipinski definition) is 5. The molecule has 1 aliphatic rings. The molecule has 2 N–H and O–H groups in total. The van der Waals surface area contributed by atoms with Crippen LogP contribution in [0.25, 0.3) is 0 Å². The fourth-order valence-electron chi connectivity index (χ4n) is 2.25. The summed E-state index contributed by atoms with van der Waals surface area (Å²) in [6, 6.07) is 9.67. The maximum Gasteiger partial charge on any atom is 0.332 e. The van der Waals surface area contributed by atoms with Crippen LogP contribution in [-0.2, 0) is 15.0 Å². The van der Waals surface area contributed by atoms with Gasteiger partial charge in [-0.3, -0.25) is 9.59 Å². The monoisotopic (exact) mass is 380 g/mol. The lowest BCUT2D eigenvalue weighted by molar-refractivity contribution is -0.115. The van der Waals surface area contributed by atoms with Crippen molar-refractivity contribution in [2.75, 3.05) is 10.6 Å². The van der Waals surface area contributed by atoms with Gasteiger partial charge in [0, 0.05) is 16.1 Å². The molecule has 3 rings (SSSR count). The fraction of sp³-hybridized carbons (Fsp3) is 0.125. The zero-order valence-electron chi connectivity index (χ0n) is 12.9. The number of fused-ring (bicyclic) bond motifs is 1. The van der Waals surface area contributed by atoms with Crippen LogP contribution in [0.4, 0.5) is 15.3 Å². The molecule has 1 aliphatic heterocycles. The molecule has 0 saturated heterocycles. The van der Waals surface area contributed by atoms with E-state index in [1.807, 2.05) is 0 Å². The lowest BCUT2D eigenvalue weighted by atomic mass is 10.1. The number of carbonyl (C=O) groups excluding carboxylic acids is 2. The van der Waals surface area contributed by atoms with Gasteiger partial charge in [-0.05, 0) is 49.4 Å². The topological polar surface area (TPSA) is 92.3 Å². The molecule has 2 amide bonds. The van der Waals surface area contributed by atoms with Crippen LogP contribution < -0.4 is 10.6 Å². The van der Waals surface area contributed by atoms with Crippen LogP contribution in [0.3, 0.4) is 0 Å². The molecule has 0 fully saturated rings. The Balaban J connectivity index is 1.78. The molecule has 0 saturated carbocycles. The van der Waals surface area contributed by atoms with Gasteiger partial charge in [0.2, 0.25) is 5.91 Å². The van der Waals surface area contributed by atoms with Gasteiger partial charge >= 0.3 is 10.2 Å². The SMILES string of the molecule is C[C@H]1Sc2ccc(C(=O)Nc3ccc(S(=O)(=O)F)cc3)cc2NC1=O. The average Bonchev–Trinajstić information content (AvgIpc) is 2.55. The van der Waals surface area contributed by atoms with E-state index in [0.717, 1.165) is 17.0 Å². The number of carbonyl (C=O) groups is 2. The molecule has 0 bridgehead atoms. The van der Waals surface area contributed by atoms with E-state index in [4.69, 9.17) is 0 Å². The smallest absolute Gasteiger partial charge is 0.324 e. The number of thioether (sulfide) groups is 1. The predicted molar refractivity (Wildman–Crippen MR) is 93.1 cm³/mol. The number of nitrogens with one attached hydrogen (secondary N) is 2. The van der Waals surface area contributed by atoms with Gasteiger partial charge in [0.25, 0.3) is 5.91 Å². The first-order valence-corrected chi connectivity index (χ1v) is 9.48. The van der Waals surface area contributed by atoms with Gasteiger partial charge in [-0.1, -0.05) is 0 Å². The standard InChI is InChI=1S/C16H13FN2O4S2/c1-9-15(20)19-13-8-10(2-7-14(13)24-9)16(21)18-11-3-5-12(6-4-11)25(17,22)23/h2-9H,1H3,(H,18,21)(H,19,20)/t9-/m1/s1. The largest absolute Gasteiger partial charge is 0.332 e. The molecular formula is C16H13FN2O4S2. The molecule has 0 aliphatic carbocycles. The summed E-state index contributed by atoms with van der Waals surface area (Å²) in [5.74, 6) is -0.561. The van der Waals surface area contributed by atoms with E-state index in [1.54, 1.807) is 25.1 Å². The van der Waals surface area contributed by atoms with E-state index in [-0.39, 0.29) is 11.2 Å². The maximum atomic E-state index is 12.8. The minimum atomic E-state index is -4.78. The number of amides is 2. The molecule has 9 heteroatoms. The Morgan fingerprint density at radius 1 is 1.20 bits per heavy atom. The van der Waals surface area contributed by atoms with Crippen molar-refractivity contribution >= 4 is 45.2 Å². The van der Waals surface area contributed by atoms with Gasteiger partial charge < -0.3 is 10.6 Å². The Morgan fingerprint density at radius 2 is 1.88 bits per heavy atom. The summed E-state index contributed by atoms with van der Waals surface area (Å²) in [5, 5.41) is 5.14. The molecule has 25 heavy (non-hydrogen) atoms. The Hall–Kier alpha value is -2.39. The quantitative estimate of drug-likeness (QED) is 0.799. The lowest BCUT2D eigenvalue weighted by Crippen LogP contribution is -2.26. The minimum absolute atomic E-state index is 0.127. The summed E-state index contributed by atoms with van der Waals surface area (Å²) in [5.41, 5.74) is 1.22. The van der Waals surface area contributed by atoms with Gasteiger partial charge in [0.15, 0.2) is 0 Å². The molecule has 1 heterocycles. The number of halogens is 1. The number of hydrogen-bond donors (Lipinski definition) is 2. The van der Waals surface area contributed by atoms with E-state index >= 15 is 0 Å². The van der Waals surface area contributed by atoms with Crippen LogP contribution in [-0.4, -0.2) is 25.5 Å². The Morgan fingerprint density at radius 3 is 2.52 bits per heavy atom. The van der Waals surface area contributed by atoms with E-state index in [0.29, 0.717) is 16.9 Å². The third-order valence-corrected chi connectivity index (χ3v) is 5.58. The van der Waals surface area contributed by atoms with Crippen molar-refractivity contribution in [1.29, 1.82) is 0 Å². The van der Waals surface area contributed by atoms with Crippen molar-refractivity contribution in [3.63, 3.8) is 0 Å². The van der Waals surface area contributed by atoms with E-state index in [9.17, 15) is 21.9 Å². The van der Waals surface area contributed by atoms with Gasteiger partial charge in [-0.2, -0.15) is 8.42 Å². The van der Waals surface area contributed by atoms with Gasteiger partial charge in [0.1, 0.15) is 0 Å². The summed E-state index contributed by atoms with van der Waals surface area (Å²) < 4.78 is 34.4. The second kappa shape index (κ2) is 6.49. The second-order valence-corrected chi connectivity index (χ2v) is 8.11. The second-order valence-electron chi connectivity index (χ2n) is 5.38. The third-order valence-electron chi connectivity index (χ3n) is 3.57. The van der Waals surface area contributed by atoms with Crippen molar-refractivity contribution in [2.24, 2.45) is 0 Å². The van der Waals surface area contributed by atoms with Crippen LogP contribution in [0.15, 0.2) is 52.3 Å². The highest BCUT2D eigenvalue weighted by Crippen LogP contribution is 2.36. The molecule has 6 nitrogen and oxygen atoms in total. The van der Waals surface area contributed by atoms with Crippen LogP contribution >= 0.6 is 11.8 Å². The van der Waals surface area contributed by atoms with E-state index < -0.39 is 21.0 Å². The first-order valence-electron chi connectivity index (χ1n) is 7.22. The van der Waals surface area contributed by atoms with Gasteiger partial charge in [-0.15, -0.1) is 15.6 Å². The summed E-state index contributed by atoms with van der Waals surface area (Å²) in [6.07, 6.45) is 0. The van der Waals surface area contributed by atoms with Crippen LogP contribution in [0.5, 0.6) is 0 Å². The summed E-state index contributed by atoms with van der Waals surface area (Å²) in [7, 11) is -4.78. The van der Waals surface area contributed by atoms with Crippen LogP contribution in [0.2, 0.25) is 0 Å². The minimum Gasteiger partial charge on any atom is -0.324 e. The number of benzene rings is 2. The Labute approximate surface area is 148 Å². The van der Waals surface area contributed by atoms with Crippen molar-refractivity contribution in [1.82, 2.24) is 0 Å². The zero-order valence-corrected chi connectivity index (χ0v) is 14.6. The fourth-order valence-corrected chi connectivity index (χ4v) is 3.65. The Kier molecular flexibility index (Phi) is 4.53. The third kappa shape index (κ3) is 3.83. The highest BCUT2D eigenvalue weighted by Gasteiger charge is 2.23. The van der Waals surface area contributed by atoms with Crippen molar-refractivity contribution in [3.05, 3.63) is 48.0 Å². The maximum absolute atomic E-state index is 12.8. The van der Waals surface area contributed by atoms with Crippen molar-refractivity contribution in [3.8, 4) is 0 Å². The lowest BCUT2D eigenvalue weighted by Gasteiger charge is -2.21. The molecule has 1 atom stereocenters. The molecule has 0 radical (unpaired) electrons. The molecule has 0 spiro atoms. The highest BCUT2D eigenvalue weighted by molar-refractivity contribution is 8.01.